The molecule has 1 aliphatic heterocycles. The first kappa shape index (κ1) is 19.9. The van der Waals surface area contributed by atoms with Crippen molar-refractivity contribution in [2.45, 2.75) is 32.0 Å². The van der Waals surface area contributed by atoms with Gasteiger partial charge in [-0.1, -0.05) is 13.0 Å². The lowest BCUT2D eigenvalue weighted by Crippen LogP contribution is -2.25. The van der Waals surface area contributed by atoms with Crippen molar-refractivity contribution in [1.82, 2.24) is 19.7 Å². The van der Waals surface area contributed by atoms with Crippen molar-refractivity contribution < 1.29 is 18.0 Å². The predicted molar refractivity (Wildman–Crippen MR) is 104 cm³/mol. The van der Waals surface area contributed by atoms with Crippen LogP contribution >= 0.6 is 0 Å². The smallest absolute Gasteiger partial charge is 0.384 e. The van der Waals surface area contributed by atoms with Gasteiger partial charge in [-0.25, -0.2) is 4.98 Å². The number of rotatable bonds is 4. The van der Waals surface area contributed by atoms with E-state index in [0.29, 0.717) is 6.42 Å². The fraction of sp³-hybridized carbons (Fsp3) is 0.300. The van der Waals surface area contributed by atoms with Gasteiger partial charge in [0.05, 0.1) is 12.1 Å². The van der Waals surface area contributed by atoms with Gasteiger partial charge in [0.2, 0.25) is 0 Å². The highest BCUT2D eigenvalue weighted by atomic mass is 19.4. The zero-order valence-corrected chi connectivity index (χ0v) is 16.3. The van der Waals surface area contributed by atoms with Crippen molar-refractivity contribution in [3.63, 3.8) is 0 Å². The van der Waals surface area contributed by atoms with Gasteiger partial charge in [0, 0.05) is 19.0 Å². The molecule has 1 aromatic carbocycles. The van der Waals surface area contributed by atoms with Crippen LogP contribution in [0.2, 0.25) is 0 Å². The molecule has 3 heterocycles. The van der Waals surface area contributed by atoms with E-state index >= 15 is 0 Å². The Kier molecular flexibility index (Phi) is 4.71. The van der Waals surface area contributed by atoms with Gasteiger partial charge in [0.25, 0.3) is 5.91 Å². The lowest BCUT2D eigenvalue weighted by atomic mass is 9.98. The molecule has 0 fully saturated rings. The summed E-state index contributed by atoms with van der Waals surface area (Å²) in [5.41, 5.74) is 5.93. The average Bonchev–Trinajstić information content (AvgIpc) is 3.23. The molecule has 2 aromatic heterocycles. The number of hydrogen-bond acceptors (Lipinski definition) is 5. The summed E-state index contributed by atoms with van der Waals surface area (Å²) < 4.78 is 41.9. The molecule has 1 amide bonds. The quantitative estimate of drug-likeness (QED) is 0.705. The van der Waals surface area contributed by atoms with Gasteiger partial charge in [-0.2, -0.15) is 13.2 Å². The van der Waals surface area contributed by atoms with Crippen molar-refractivity contribution in [3.8, 4) is 0 Å². The number of fused-ring (bicyclic) bond motifs is 1. The summed E-state index contributed by atoms with van der Waals surface area (Å²) in [6.45, 7) is 1.76. The van der Waals surface area contributed by atoms with Gasteiger partial charge < -0.3 is 10.3 Å². The minimum absolute atomic E-state index is 0.0252. The zero-order valence-electron chi connectivity index (χ0n) is 16.3. The van der Waals surface area contributed by atoms with Crippen LogP contribution in [-0.2, 0) is 26.2 Å². The number of carbonyl (C=O) groups excluding carboxylic acids is 1. The fourth-order valence-corrected chi connectivity index (χ4v) is 3.65. The zero-order chi connectivity index (χ0) is 21.6. The molecule has 3 aromatic rings. The molecule has 10 heteroatoms. The first-order chi connectivity index (χ1) is 14.1. The second-order valence-electron chi connectivity index (χ2n) is 7.37. The van der Waals surface area contributed by atoms with E-state index in [1.807, 2.05) is 14.0 Å². The molecule has 1 aliphatic rings. The number of anilines is 2. The average molecular weight is 416 g/mol. The van der Waals surface area contributed by atoms with E-state index in [4.69, 9.17) is 5.73 Å². The monoisotopic (exact) mass is 416 g/mol. The molecular formula is C20H19F3N6O. The number of alkyl halides is 3. The molecule has 0 aliphatic carbocycles. The van der Waals surface area contributed by atoms with E-state index in [2.05, 4.69) is 15.2 Å². The number of pyridine rings is 1. The molecule has 1 atom stereocenters. The molecule has 4 rings (SSSR count). The third kappa shape index (κ3) is 3.49. The van der Waals surface area contributed by atoms with Crippen molar-refractivity contribution >= 4 is 17.5 Å². The Balaban J connectivity index is 1.67. The molecule has 0 bridgehead atoms. The molecule has 2 N–H and O–H groups in total. The van der Waals surface area contributed by atoms with Crippen molar-refractivity contribution in [2.24, 2.45) is 7.05 Å². The second kappa shape index (κ2) is 7.12. The molecule has 0 spiro atoms. The van der Waals surface area contributed by atoms with Crippen LogP contribution in [0.1, 0.15) is 45.7 Å². The molecule has 0 saturated carbocycles. The number of nitrogens with two attached hydrogens (primary N) is 1. The summed E-state index contributed by atoms with van der Waals surface area (Å²) in [6, 6.07) is 7.01. The van der Waals surface area contributed by atoms with Crippen LogP contribution in [0.5, 0.6) is 0 Å². The van der Waals surface area contributed by atoms with E-state index in [9.17, 15) is 18.0 Å². The molecular weight excluding hydrogens is 397 g/mol. The van der Waals surface area contributed by atoms with E-state index in [1.54, 1.807) is 23.0 Å². The largest absolute Gasteiger partial charge is 0.416 e. The second-order valence-corrected chi connectivity index (χ2v) is 7.37. The number of nitrogen functional groups attached to an aromatic ring is 1. The Morgan fingerprint density at radius 2 is 2.03 bits per heavy atom. The number of amides is 1. The van der Waals surface area contributed by atoms with Crippen molar-refractivity contribution in [1.29, 1.82) is 0 Å². The van der Waals surface area contributed by atoms with Crippen LogP contribution in [0.4, 0.5) is 24.8 Å². The van der Waals surface area contributed by atoms with Crippen molar-refractivity contribution in [3.05, 3.63) is 64.7 Å². The van der Waals surface area contributed by atoms with Crippen molar-refractivity contribution in [2.75, 3.05) is 10.6 Å². The number of nitrogens with zero attached hydrogens (tertiary/aromatic N) is 5. The molecule has 156 valence electrons. The van der Waals surface area contributed by atoms with E-state index < -0.39 is 17.6 Å². The van der Waals surface area contributed by atoms with Crippen LogP contribution in [0.3, 0.4) is 0 Å². The molecule has 30 heavy (non-hydrogen) atoms. The predicted octanol–water partition coefficient (Wildman–Crippen LogP) is 3.32. The van der Waals surface area contributed by atoms with Crippen LogP contribution in [-0.4, -0.2) is 25.7 Å². The van der Waals surface area contributed by atoms with Gasteiger partial charge in [0.15, 0.2) is 0 Å². The minimum Gasteiger partial charge on any atom is -0.384 e. The Labute approximate surface area is 170 Å². The van der Waals surface area contributed by atoms with E-state index in [-0.39, 0.29) is 35.2 Å². The number of carbonyl (C=O) groups is 1. The van der Waals surface area contributed by atoms with E-state index in [0.717, 1.165) is 17.5 Å². The number of benzene rings is 1. The normalized spacial score (nSPS) is 14.8. The SMILES string of the molecule is C[C@H](Cc1nncn1C)c1cc(N)nc(N2Cc3c(cccc3C(F)(F)F)C2=O)c1. The summed E-state index contributed by atoms with van der Waals surface area (Å²) >= 11 is 0. The highest BCUT2D eigenvalue weighted by Crippen LogP contribution is 2.38. The Hall–Kier alpha value is -3.43. The topological polar surface area (TPSA) is 89.9 Å². The fourth-order valence-electron chi connectivity index (χ4n) is 3.65. The first-order valence-corrected chi connectivity index (χ1v) is 9.26. The van der Waals surface area contributed by atoms with Crippen LogP contribution < -0.4 is 10.6 Å². The van der Waals surface area contributed by atoms with Crippen LogP contribution in [0, 0.1) is 0 Å². The maximum absolute atomic E-state index is 13.4. The van der Waals surface area contributed by atoms with Gasteiger partial charge in [-0.05, 0) is 41.3 Å². The Bertz CT molecular complexity index is 1120. The maximum Gasteiger partial charge on any atom is 0.416 e. The van der Waals surface area contributed by atoms with Gasteiger partial charge in [-0.15, -0.1) is 10.2 Å². The number of aromatic nitrogens is 4. The van der Waals surface area contributed by atoms with Gasteiger partial charge >= 0.3 is 6.18 Å². The molecule has 0 saturated heterocycles. The lowest BCUT2D eigenvalue weighted by Gasteiger charge is -2.19. The van der Waals surface area contributed by atoms with Crippen LogP contribution in [0.25, 0.3) is 0 Å². The maximum atomic E-state index is 13.4. The summed E-state index contributed by atoms with van der Waals surface area (Å²) in [7, 11) is 1.84. The number of hydrogen-bond donors (Lipinski definition) is 1. The lowest BCUT2D eigenvalue weighted by molar-refractivity contribution is -0.138. The van der Waals surface area contributed by atoms with Gasteiger partial charge in [0.1, 0.15) is 23.8 Å². The standard InChI is InChI=1S/C20H19F3N6O/c1-11(6-18-27-25-10-28(18)2)12-7-16(24)26-17(8-12)29-9-14-13(19(29)30)4-3-5-15(14)20(21,22)23/h3-5,7-8,10-11H,6,9H2,1-2H3,(H2,24,26)/t11-/m1/s1. The molecule has 7 nitrogen and oxygen atoms in total. The highest BCUT2D eigenvalue weighted by molar-refractivity contribution is 6.10. The Morgan fingerprint density at radius 3 is 2.70 bits per heavy atom. The molecule has 0 unspecified atom stereocenters. The van der Waals surface area contributed by atoms with Crippen LogP contribution in [0.15, 0.2) is 36.7 Å². The third-order valence-corrected chi connectivity index (χ3v) is 5.27. The first-order valence-electron chi connectivity index (χ1n) is 9.26. The summed E-state index contributed by atoms with van der Waals surface area (Å²) in [5.74, 6) is 0.638. The minimum atomic E-state index is -4.54. The summed E-state index contributed by atoms with van der Waals surface area (Å²) in [6.07, 6.45) is -2.36. The third-order valence-electron chi connectivity index (χ3n) is 5.27. The summed E-state index contributed by atoms with van der Waals surface area (Å²) in [4.78, 5) is 18.3. The number of halogens is 3. The van der Waals surface area contributed by atoms with Gasteiger partial charge in [-0.3, -0.25) is 9.69 Å². The molecule has 0 radical (unpaired) electrons. The summed E-state index contributed by atoms with van der Waals surface area (Å²) in [5, 5.41) is 7.93. The van der Waals surface area contributed by atoms with E-state index in [1.165, 1.54) is 17.0 Å². The highest BCUT2D eigenvalue weighted by Gasteiger charge is 2.40. The number of aryl methyl sites for hydroxylation is 1. The Morgan fingerprint density at radius 1 is 1.27 bits per heavy atom.